The first-order valence-electron chi connectivity index (χ1n) is 2.27. The van der Waals surface area contributed by atoms with Crippen LogP contribution in [0.15, 0.2) is 0 Å². The Hall–Kier alpha value is -0.606. The Morgan fingerprint density at radius 3 is 1.60 bits per heavy atom. The molecular weight excluding hydrogens is 175 g/mol. The van der Waals surface area contributed by atoms with Crippen molar-refractivity contribution in [3.63, 3.8) is 0 Å². The van der Waals surface area contributed by atoms with Crippen LogP contribution >= 0.6 is 0 Å². The molecule has 0 spiro atoms. The second-order valence-corrected chi connectivity index (χ2v) is 1.44. The first-order valence-corrected chi connectivity index (χ1v) is 2.27. The molecule has 10 heavy (non-hydrogen) atoms. The molecule has 5 heteroatoms. The summed E-state index contributed by atoms with van der Waals surface area (Å²) in [7, 11) is 0. The third kappa shape index (κ3) is 5.53. The van der Waals surface area contributed by atoms with Crippen LogP contribution < -0.4 is 0 Å². The van der Waals surface area contributed by atoms with Gasteiger partial charge in [0.15, 0.2) is 0 Å². The number of carbonyl (C=O) groups is 3. The summed E-state index contributed by atoms with van der Waals surface area (Å²) in [5, 5.41) is 0. The normalized spacial score (nSPS) is 7.40. The minimum atomic E-state index is -1.11. The molecule has 0 aromatic heterocycles. The van der Waals surface area contributed by atoms with E-state index in [9.17, 15) is 14.4 Å². The average molecular weight is 181 g/mol. The minimum Gasteiger partial charge on any atom is -0.387 e. The van der Waals surface area contributed by atoms with Crippen molar-refractivity contribution in [2.45, 2.75) is 13.8 Å². The van der Waals surface area contributed by atoms with Crippen LogP contribution in [0.2, 0.25) is 0 Å². The zero-order valence-corrected chi connectivity index (χ0v) is 6.98. The van der Waals surface area contributed by atoms with Crippen molar-refractivity contribution in [3.05, 3.63) is 0 Å². The van der Waals surface area contributed by atoms with E-state index in [0.29, 0.717) is 0 Å². The number of carbonyl (C=O) groups excluding carboxylic acids is 3. The van der Waals surface area contributed by atoms with Gasteiger partial charge in [0.25, 0.3) is 0 Å². The van der Waals surface area contributed by atoms with Gasteiger partial charge in [0.1, 0.15) is 0 Å². The Morgan fingerprint density at radius 1 is 1.10 bits per heavy atom. The van der Waals surface area contributed by atoms with Crippen LogP contribution in [0.5, 0.6) is 0 Å². The summed E-state index contributed by atoms with van der Waals surface area (Å²) in [4.78, 5) is 30.2. The van der Waals surface area contributed by atoms with Crippen LogP contribution in [0.4, 0.5) is 0 Å². The molecular formula is C5H6O4V. The van der Waals surface area contributed by atoms with Gasteiger partial charge in [-0.15, -0.1) is 0 Å². The van der Waals surface area contributed by atoms with Crippen LogP contribution in [0.3, 0.4) is 0 Å². The van der Waals surface area contributed by atoms with Gasteiger partial charge >= 0.3 is 11.9 Å². The van der Waals surface area contributed by atoms with E-state index in [4.69, 9.17) is 0 Å². The molecule has 0 amide bonds. The summed E-state index contributed by atoms with van der Waals surface area (Å²) < 4.78 is 3.88. The summed E-state index contributed by atoms with van der Waals surface area (Å²) in [6.45, 7) is 2.09. The molecule has 55 valence electrons. The second kappa shape index (κ2) is 5.20. The maximum absolute atomic E-state index is 10.2. The number of Topliss-reactive ketones (excluding diaryl/α,β-unsaturated/α-hetero) is 1. The minimum absolute atomic E-state index is 0. The molecule has 0 saturated carbocycles. The van der Waals surface area contributed by atoms with E-state index < -0.39 is 17.7 Å². The third-order valence-electron chi connectivity index (χ3n) is 0.524. The Kier molecular flexibility index (Phi) is 6.30. The van der Waals surface area contributed by atoms with Crippen LogP contribution in [0, 0.1) is 0 Å². The van der Waals surface area contributed by atoms with Crippen LogP contribution in [-0.4, -0.2) is 17.7 Å². The van der Waals surface area contributed by atoms with Gasteiger partial charge in [-0.1, -0.05) is 0 Å². The van der Waals surface area contributed by atoms with Gasteiger partial charge in [-0.05, 0) is 0 Å². The molecule has 0 aliphatic rings. The van der Waals surface area contributed by atoms with Crippen molar-refractivity contribution < 1.29 is 37.7 Å². The largest absolute Gasteiger partial charge is 0.387 e. The van der Waals surface area contributed by atoms with E-state index in [1.807, 2.05) is 0 Å². The maximum Gasteiger partial charge on any atom is 0.381 e. The van der Waals surface area contributed by atoms with E-state index in [2.05, 4.69) is 4.74 Å². The predicted octanol–water partition coefficient (Wildman–Crippen LogP) is -0.337. The standard InChI is InChI=1S/C5H6O4.V/c1-3(6)5(8)9-4(2)7;/h1-2H3;. The molecule has 4 nitrogen and oxygen atoms in total. The Labute approximate surface area is 69.8 Å². The second-order valence-electron chi connectivity index (χ2n) is 1.44. The molecule has 1 radical (unpaired) electrons. The van der Waals surface area contributed by atoms with Gasteiger partial charge in [0.2, 0.25) is 5.78 Å². The summed E-state index contributed by atoms with van der Waals surface area (Å²) >= 11 is 0. The monoisotopic (exact) mass is 181 g/mol. The van der Waals surface area contributed by atoms with Crippen molar-refractivity contribution in [1.29, 1.82) is 0 Å². The number of ketones is 1. The number of hydrogen-bond acceptors (Lipinski definition) is 4. The van der Waals surface area contributed by atoms with E-state index >= 15 is 0 Å². The van der Waals surface area contributed by atoms with E-state index in [0.717, 1.165) is 13.8 Å². The number of rotatable bonds is 1. The quantitative estimate of drug-likeness (QED) is 0.315. The molecule has 0 aliphatic carbocycles. The molecule has 0 unspecified atom stereocenters. The first kappa shape index (κ1) is 12.1. The summed E-state index contributed by atoms with van der Waals surface area (Å²) in [6.07, 6.45) is 0. The van der Waals surface area contributed by atoms with E-state index in [1.54, 1.807) is 0 Å². The van der Waals surface area contributed by atoms with Crippen molar-refractivity contribution in [2.75, 3.05) is 0 Å². The summed E-state index contributed by atoms with van der Waals surface area (Å²) in [5.41, 5.74) is 0. The maximum atomic E-state index is 10.2. The Bertz CT molecular complexity index is 163. The Morgan fingerprint density at radius 2 is 1.50 bits per heavy atom. The number of esters is 2. The fourth-order valence-corrected chi connectivity index (χ4v) is 0.202. The van der Waals surface area contributed by atoms with Gasteiger partial charge in [-0.25, -0.2) is 4.79 Å². The number of ether oxygens (including phenoxy) is 1. The molecule has 0 rings (SSSR count). The molecule has 0 bridgehead atoms. The average Bonchev–Trinajstić information content (AvgIpc) is 1.63. The molecule has 0 aliphatic heterocycles. The molecule has 0 atom stereocenters. The molecule has 0 aromatic rings. The third-order valence-corrected chi connectivity index (χ3v) is 0.524. The van der Waals surface area contributed by atoms with Gasteiger partial charge in [-0.2, -0.15) is 0 Å². The topological polar surface area (TPSA) is 60.4 Å². The van der Waals surface area contributed by atoms with Gasteiger partial charge < -0.3 is 4.74 Å². The molecule has 0 heterocycles. The van der Waals surface area contributed by atoms with Crippen LogP contribution in [0.25, 0.3) is 0 Å². The fraction of sp³-hybridized carbons (Fsp3) is 0.400. The van der Waals surface area contributed by atoms with E-state index in [1.165, 1.54) is 0 Å². The van der Waals surface area contributed by atoms with Crippen LogP contribution in [-0.2, 0) is 37.7 Å². The zero-order valence-electron chi connectivity index (χ0n) is 5.58. The molecule has 0 saturated heterocycles. The van der Waals surface area contributed by atoms with Crippen molar-refractivity contribution >= 4 is 17.7 Å². The first-order chi connectivity index (χ1) is 4.04. The number of hydrogen-bond donors (Lipinski definition) is 0. The van der Waals surface area contributed by atoms with Gasteiger partial charge in [0, 0.05) is 32.4 Å². The molecule has 0 aromatic carbocycles. The van der Waals surface area contributed by atoms with Crippen molar-refractivity contribution in [3.8, 4) is 0 Å². The molecule has 0 fully saturated rings. The van der Waals surface area contributed by atoms with Gasteiger partial charge in [0.05, 0.1) is 0 Å². The SMILES string of the molecule is CC(=O)OC(=O)C(C)=O.[V]. The van der Waals surface area contributed by atoms with Crippen molar-refractivity contribution in [1.82, 2.24) is 0 Å². The van der Waals surface area contributed by atoms with Crippen molar-refractivity contribution in [2.24, 2.45) is 0 Å². The summed E-state index contributed by atoms with van der Waals surface area (Å²) in [6, 6.07) is 0. The van der Waals surface area contributed by atoms with Gasteiger partial charge in [-0.3, -0.25) is 9.59 Å². The van der Waals surface area contributed by atoms with Crippen LogP contribution in [0.1, 0.15) is 13.8 Å². The van der Waals surface area contributed by atoms with E-state index in [-0.39, 0.29) is 18.6 Å². The molecule has 0 N–H and O–H groups in total. The zero-order chi connectivity index (χ0) is 7.44. The fourth-order valence-electron chi connectivity index (χ4n) is 0.202. The predicted molar refractivity (Wildman–Crippen MR) is 27.5 cm³/mol. The Balaban J connectivity index is 0. The smallest absolute Gasteiger partial charge is 0.381 e. The summed E-state index contributed by atoms with van der Waals surface area (Å²) in [5.74, 6) is -2.65.